The molecule has 1 aliphatic carbocycles. The number of hydrogen-bond acceptors (Lipinski definition) is 2. The Bertz CT molecular complexity index is 597. The molecule has 0 spiro atoms. The molecule has 1 aliphatic rings. The molecule has 0 aliphatic heterocycles. The molecule has 2 aromatic rings. The first kappa shape index (κ1) is 13.7. The third-order valence-corrected chi connectivity index (χ3v) is 4.15. The Morgan fingerprint density at radius 2 is 1.95 bits per heavy atom. The summed E-state index contributed by atoms with van der Waals surface area (Å²) < 4.78 is 2.01. The second-order valence-corrected chi connectivity index (χ2v) is 5.95. The molecule has 0 radical (unpaired) electrons. The minimum absolute atomic E-state index is 0.754. The van der Waals surface area contributed by atoms with Gasteiger partial charge in [0.1, 0.15) is 0 Å². The van der Waals surface area contributed by atoms with E-state index in [4.69, 9.17) is 11.6 Å². The van der Waals surface area contributed by atoms with Crippen LogP contribution in [0.2, 0.25) is 5.02 Å². The van der Waals surface area contributed by atoms with E-state index in [0.29, 0.717) is 0 Å². The molecule has 1 aromatic carbocycles. The number of nitrogens with zero attached hydrogens (tertiary/aromatic N) is 2. The number of hydrogen-bond donors (Lipinski definition) is 1. The zero-order chi connectivity index (χ0) is 14.1. The van der Waals surface area contributed by atoms with Gasteiger partial charge in [-0.25, -0.2) is 4.68 Å². The van der Waals surface area contributed by atoms with Gasteiger partial charge in [0, 0.05) is 16.8 Å². The predicted octanol–water partition coefficient (Wildman–Crippen LogP) is 3.44. The molecular weight excluding hydrogens is 270 g/mol. The lowest BCUT2D eigenvalue weighted by atomic mass is 10.1. The van der Waals surface area contributed by atoms with E-state index in [1.165, 1.54) is 24.1 Å². The molecule has 1 saturated carbocycles. The van der Waals surface area contributed by atoms with Crippen molar-refractivity contribution in [2.24, 2.45) is 0 Å². The van der Waals surface area contributed by atoms with Crippen molar-refractivity contribution >= 4 is 11.6 Å². The first-order valence-electron chi connectivity index (χ1n) is 7.19. The normalized spacial score (nSPS) is 14.8. The van der Waals surface area contributed by atoms with Gasteiger partial charge in [0.2, 0.25) is 0 Å². The third kappa shape index (κ3) is 2.89. The van der Waals surface area contributed by atoms with E-state index in [2.05, 4.69) is 24.3 Å². The van der Waals surface area contributed by atoms with Crippen LogP contribution < -0.4 is 5.32 Å². The van der Waals surface area contributed by atoms with Crippen molar-refractivity contribution in [1.82, 2.24) is 15.1 Å². The summed E-state index contributed by atoms with van der Waals surface area (Å²) in [6.07, 6.45) is 3.71. The van der Waals surface area contributed by atoms with Gasteiger partial charge >= 0.3 is 0 Å². The fraction of sp³-hybridized carbons (Fsp3) is 0.438. The van der Waals surface area contributed by atoms with Gasteiger partial charge in [0.25, 0.3) is 0 Å². The summed E-state index contributed by atoms with van der Waals surface area (Å²) in [7, 11) is 0. The number of aromatic nitrogens is 2. The topological polar surface area (TPSA) is 29.9 Å². The maximum atomic E-state index is 5.94. The van der Waals surface area contributed by atoms with E-state index in [0.717, 1.165) is 35.4 Å². The first-order valence-corrected chi connectivity index (χ1v) is 7.57. The second-order valence-electron chi connectivity index (χ2n) is 5.52. The summed E-state index contributed by atoms with van der Waals surface area (Å²) in [5.74, 6) is 0. The van der Waals surface area contributed by atoms with E-state index in [9.17, 15) is 0 Å². The molecule has 3 rings (SSSR count). The van der Waals surface area contributed by atoms with E-state index >= 15 is 0 Å². The molecule has 106 valence electrons. The van der Waals surface area contributed by atoms with Gasteiger partial charge in [-0.2, -0.15) is 5.10 Å². The maximum absolute atomic E-state index is 5.94. The van der Waals surface area contributed by atoms with Crippen molar-refractivity contribution in [3.63, 3.8) is 0 Å². The molecule has 0 unspecified atom stereocenters. The molecule has 1 aromatic heterocycles. The van der Waals surface area contributed by atoms with Crippen LogP contribution in [0.15, 0.2) is 24.3 Å². The molecule has 1 fully saturated rings. The van der Waals surface area contributed by atoms with Crippen LogP contribution in [0.25, 0.3) is 5.69 Å². The standard InChI is InChI=1S/C16H20ClN3/c1-11-16(9-10-18-14-5-6-14)12(2)20(19-11)15-7-3-13(17)4-8-15/h3-4,7-8,14,18H,5-6,9-10H2,1-2H3. The highest BCUT2D eigenvalue weighted by Gasteiger charge is 2.20. The first-order chi connectivity index (χ1) is 9.65. The summed E-state index contributed by atoms with van der Waals surface area (Å²) in [4.78, 5) is 0. The SMILES string of the molecule is Cc1nn(-c2ccc(Cl)cc2)c(C)c1CCNC1CC1. The second kappa shape index (κ2) is 5.58. The molecule has 3 nitrogen and oxygen atoms in total. The van der Waals surface area contributed by atoms with Crippen LogP contribution in [-0.2, 0) is 6.42 Å². The number of aryl methyl sites for hydroxylation is 1. The number of benzene rings is 1. The van der Waals surface area contributed by atoms with Crippen molar-refractivity contribution in [2.75, 3.05) is 6.54 Å². The van der Waals surface area contributed by atoms with Gasteiger partial charge in [-0.15, -0.1) is 0 Å². The smallest absolute Gasteiger partial charge is 0.0649 e. The lowest BCUT2D eigenvalue weighted by Crippen LogP contribution is -2.19. The van der Waals surface area contributed by atoms with Crippen LogP contribution in [0.4, 0.5) is 0 Å². The highest BCUT2D eigenvalue weighted by Crippen LogP contribution is 2.21. The summed E-state index contributed by atoms with van der Waals surface area (Å²) >= 11 is 5.94. The van der Waals surface area contributed by atoms with Crippen LogP contribution in [-0.4, -0.2) is 22.4 Å². The molecule has 0 saturated heterocycles. The molecule has 20 heavy (non-hydrogen) atoms. The molecule has 0 amide bonds. The van der Waals surface area contributed by atoms with Gasteiger partial charge in [-0.3, -0.25) is 0 Å². The Morgan fingerprint density at radius 3 is 2.60 bits per heavy atom. The fourth-order valence-corrected chi connectivity index (χ4v) is 2.69. The van der Waals surface area contributed by atoms with Gasteiger partial charge in [-0.1, -0.05) is 11.6 Å². The van der Waals surface area contributed by atoms with Crippen LogP contribution in [0.3, 0.4) is 0 Å². The Hall–Kier alpha value is -1.32. The summed E-state index contributed by atoms with van der Waals surface area (Å²) in [6.45, 7) is 5.27. The lowest BCUT2D eigenvalue weighted by molar-refractivity contribution is 0.679. The molecule has 0 bridgehead atoms. The van der Waals surface area contributed by atoms with E-state index in [1.54, 1.807) is 0 Å². The number of rotatable bonds is 5. The number of nitrogens with one attached hydrogen (secondary N) is 1. The summed E-state index contributed by atoms with van der Waals surface area (Å²) in [6, 6.07) is 8.59. The molecule has 4 heteroatoms. The fourth-order valence-electron chi connectivity index (χ4n) is 2.56. The van der Waals surface area contributed by atoms with Gasteiger partial charge in [0.15, 0.2) is 0 Å². The van der Waals surface area contributed by atoms with E-state index in [-0.39, 0.29) is 0 Å². The van der Waals surface area contributed by atoms with Crippen LogP contribution in [0, 0.1) is 13.8 Å². The van der Waals surface area contributed by atoms with E-state index < -0.39 is 0 Å². The average molecular weight is 290 g/mol. The third-order valence-electron chi connectivity index (χ3n) is 3.90. The highest BCUT2D eigenvalue weighted by atomic mass is 35.5. The van der Waals surface area contributed by atoms with Crippen molar-refractivity contribution in [3.05, 3.63) is 46.2 Å². The maximum Gasteiger partial charge on any atom is 0.0649 e. The molecule has 0 atom stereocenters. The number of halogens is 1. The monoisotopic (exact) mass is 289 g/mol. The Balaban J connectivity index is 1.79. The Labute approximate surface area is 124 Å². The largest absolute Gasteiger partial charge is 0.314 e. The van der Waals surface area contributed by atoms with Crippen LogP contribution >= 0.6 is 11.6 Å². The van der Waals surface area contributed by atoms with Crippen molar-refractivity contribution in [2.45, 2.75) is 39.2 Å². The van der Waals surface area contributed by atoms with Crippen molar-refractivity contribution in [3.8, 4) is 5.69 Å². The van der Waals surface area contributed by atoms with Crippen molar-refractivity contribution in [1.29, 1.82) is 0 Å². The molecular formula is C16H20ClN3. The van der Waals surface area contributed by atoms with Crippen LogP contribution in [0.1, 0.15) is 29.8 Å². The minimum Gasteiger partial charge on any atom is -0.314 e. The van der Waals surface area contributed by atoms with Crippen LogP contribution in [0.5, 0.6) is 0 Å². The van der Waals surface area contributed by atoms with Gasteiger partial charge in [0.05, 0.1) is 11.4 Å². The van der Waals surface area contributed by atoms with E-state index in [1.807, 2.05) is 28.9 Å². The van der Waals surface area contributed by atoms with Crippen molar-refractivity contribution < 1.29 is 0 Å². The Kier molecular flexibility index (Phi) is 3.81. The molecule has 1 heterocycles. The lowest BCUT2D eigenvalue weighted by Gasteiger charge is -2.06. The Morgan fingerprint density at radius 1 is 1.25 bits per heavy atom. The summed E-state index contributed by atoms with van der Waals surface area (Å²) in [5, 5.41) is 8.98. The predicted molar refractivity (Wildman–Crippen MR) is 82.8 cm³/mol. The van der Waals surface area contributed by atoms with Gasteiger partial charge < -0.3 is 5.32 Å². The minimum atomic E-state index is 0.754. The zero-order valence-electron chi connectivity index (χ0n) is 12.0. The molecule has 1 N–H and O–H groups in total. The van der Waals surface area contributed by atoms with Gasteiger partial charge in [-0.05, 0) is 69.5 Å². The quantitative estimate of drug-likeness (QED) is 0.914. The summed E-state index contributed by atoms with van der Waals surface area (Å²) in [5.41, 5.74) is 4.77. The highest BCUT2D eigenvalue weighted by molar-refractivity contribution is 6.30. The average Bonchev–Trinajstić information content (AvgIpc) is 3.21. The zero-order valence-corrected chi connectivity index (χ0v) is 12.7.